The molecule has 0 radical (unpaired) electrons. The van der Waals surface area contributed by atoms with Crippen molar-refractivity contribution in [2.75, 3.05) is 37.6 Å². The topological polar surface area (TPSA) is 81.8 Å². The van der Waals surface area contributed by atoms with Gasteiger partial charge in [-0.25, -0.2) is 0 Å². The summed E-state index contributed by atoms with van der Waals surface area (Å²) in [5, 5.41) is 5.42. The Balaban J connectivity index is 1.45. The summed E-state index contributed by atoms with van der Waals surface area (Å²) in [6.07, 6.45) is -3.52. The predicted octanol–water partition coefficient (Wildman–Crippen LogP) is 3.94. The summed E-state index contributed by atoms with van der Waals surface area (Å²) in [5.41, 5.74) is 4.26. The second-order valence-corrected chi connectivity index (χ2v) is 9.98. The van der Waals surface area contributed by atoms with Crippen molar-refractivity contribution >= 4 is 23.9 Å². The van der Waals surface area contributed by atoms with Gasteiger partial charge in [-0.2, -0.15) is 13.2 Å². The Morgan fingerprint density at radius 1 is 0.975 bits per heavy atom. The van der Waals surface area contributed by atoms with Crippen LogP contribution in [0.4, 0.5) is 18.9 Å². The minimum Gasteiger partial charge on any atom is -0.369 e. The highest BCUT2D eigenvalue weighted by atomic mass is 19.4. The molecular weight excluding hydrogens is 521 g/mol. The van der Waals surface area contributed by atoms with E-state index in [2.05, 4.69) is 15.5 Å². The van der Waals surface area contributed by atoms with Crippen LogP contribution in [-0.4, -0.2) is 68.1 Å². The van der Waals surface area contributed by atoms with Crippen LogP contribution in [0.1, 0.15) is 33.8 Å². The lowest BCUT2D eigenvalue weighted by Crippen LogP contribution is -2.44. The number of hydrogen-bond donors (Lipinski definition) is 2. The Morgan fingerprint density at radius 3 is 2.45 bits per heavy atom. The summed E-state index contributed by atoms with van der Waals surface area (Å²) in [5.74, 6) is -1.77. The molecule has 1 fully saturated rings. The molecule has 208 valence electrons. The number of alkyl halides is 3. The smallest absolute Gasteiger partial charge is 0.369 e. The van der Waals surface area contributed by atoms with Crippen LogP contribution in [0.2, 0.25) is 0 Å². The van der Waals surface area contributed by atoms with Crippen molar-refractivity contribution < 1.29 is 27.6 Å². The van der Waals surface area contributed by atoms with Gasteiger partial charge in [-0.05, 0) is 41.3 Å². The van der Waals surface area contributed by atoms with Crippen LogP contribution >= 0.6 is 0 Å². The zero-order chi connectivity index (χ0) is 28.3. The van der Waals surface area contributed by atoms with E-state index in [0.717, 1.165) is 21.7 Å². The minimum atomic E-state index is -4.60. The summed E-state index contributed by atoms with van der Waals surface area (Å²) in [7, 11) is 0. The van der Waals surface area contributed by atoms with Crippen LogP contribution < -0.4 is 15.5 Å². The molecule has 0 saturated carbocycles. The van der Waals surface area contributed by atoms with Crippen LogP contribution in [-0.2, 0) is 9.59 Å². The first-order valence-corrected chi connectivity index (χ1v) is 13.1. The Labute approximate surface area is 230 Å². The fraction of sp³-hybridized carbons (Fsp3) is 0.300. The molecule has 1 saturated heterocycles. The van der Waals surface area contributed by atoms with Gasteiger partial charge in [-0.3, -0.25) is 14.4 Å². The molecule has 40 heavy (non-hydrogen) atoms. The van der Waals surface area contributed by atoms with Crippen LogP contribution in [0, 0.1) is 0 Å². The molecule has 2 unspecified atom stereocenters. The number of nitrogens with zero attached hydrogens (tertiary/aromatic N) is 2. The van der Waals surface area contributed by atoms with Crippen molar-refractivity contribution in [1.29, 1.82) is 0 Å². The summed E-state index contributed by atoms with van der Waals surface area (Å²) < 4.78 is 40.6. The molecule has 5 rings (SSSR count). The Morgan fingerprint density at radius 2 is 1.70 bits per heavy atom. The van der Waals surface area contributed by atoms with E-state index in [1.807, 2.05) is 36.4 Å². The average molecular weight is 551 g/mol. The number of rotatable bonds is 9. The Bertz CT molecular complexity index is 1400. The van der Waals surface area contributed by atoms with E-state index in [4.69, 9.17) is 0 Å². The molecular formula is C30H29F3N4O3. The molecule has 7 nitrogen and oxygen atoms in total. The molecule has 0 aromatic heterocycles. The van der Waals surface area contributed by atoms with Gasteiger partial charge in [0.1, 0.15) is 6.54 Å². The molecule has 3 aromatic carbocycles. The number of halogens is 3. The summed E-state index contributed by atoms with van der Waals surface area (Å²) in [6.45, 7) is -0.668. The third kappa shape index (κ3) is 5.66. The molecule has 1 aliphatic carbocycles. The first-order chi connectivity index (χ1) is 19.3. The van der Waals surface area contributed by atoms with E-state index in [9.17, 15) is 27.6 Å². The third-order valence-corrected chi connectivity index (χ3v) is 7.37. The normalized spacial score (nSPS) is 17.6. The molecule has 0 spiro atoms. The number of benzene rings is 3. The van der Waals surface area contributed by atoms with E-state index in [-0.39, 0.29) is 25.0 Å². The minimum absolute atomic E-state index is 0.0941. The van der Waals surface area contributed by atoms with Gasteiger partial charge in [-0.15, -0.1) is 0 Å². The fourth-order valence-corrected chi connectivity index (χ4v) is 5.65. The van der Waals surface area contributed by atoms with Gasteiger partial charge < -0.3 is 20.4 Å². The number of fused-ring (bicyclic) bond motifs is 3. The zero-order valence-electron chi connectivity index (χ0n) is 21.7. The third-order valence-electron chi connectivity index (χ3n) is 7.37. The van der Waals surface area contributed by atoms with Crippen molar-refractivity contribution in [3.05, 3.63) is 89.5 Å². The zero-order valence-corrected chi connectivity index (χ0v) is 21.7. The van der Waals surface area contributed by atoms with E-state index in [1.54, 1.807) is 36.4 Å². The first-order valence-electron chi connectivity index (χ1n) is 13.1. The van der Waals surface area contributed by atoms with Crippen molar-refractivity contribution in [1.82, 2.24) is 15.5 Å². The monoisotopic (exact) mass is 550 g/mol. The quantitative estimate of drug-likeness (QED) is 0.313. The molecule has 1 heterocycles. The Kier molecular flexibility index (Phi) is 7.77. The van der Waals surface area contributed by atoms with Crippen molar-refractivity contribution in [2.45, 2.75) is 24.6 Å². The second kappa shape index (κ2) is 11.4. The molecule has 2 atom stereocenters. The lowest BCUT2D eigenvalue weighted by atomic mass is 9.93. The molecule has 2 N–H and O–H groups in total. The van der Waals surface area contributed by atoms with Crippen LogP contribution in [0.5, 0.6) is 0 Å². The maximum Gasteiger partial charge on any atom is 0.406 e. The Hall–Kier alpha value is -4.34. The number of anilines is 1. The van der Waals surface area contributed by atoms with Gasteiger partial charge in [0, 0.05) is 49.0 Å². The maximum absolute atomic E-state index is 13.9. The fourth-order valence-electron chi connectivity index (χ4n) is 5.65. The largest absolute Gasteiger partial charge is 0.406 e. The van der Waals surface area contributed by atoms with E-state index >= 15 is 0 Å². The highest BCUT2D eigenvalue weighted by molar-refractivity contribution is 5.99. The van der Waals surface area contributed by atoms with Gasteiger partial charge in [0.15, 0.2) is 0 Å². The molecule has 0 bridgehead atoms. The summed E-state index contributed by atoms with van der Waals surface area (Å²) in [4.78, 5) is 40.2. The van der Waals surface area contributed by atoms with Gasteiger partial charge in [0.05, 0.1) is 5.92 Å². The highest BCUT2D eigenvalue weighted by Gasteiger charge is 2.42. The number of carbonyl (C=O) groups excluding carboxylic acids is 3. The number of nitrogens with one attached hydrogen (secondary N) is 2. The predicted molar refractivity (Wildman–Crippen MR) is 145 cm³/mol. The van der Waals surface area contributed by atoms with Gasteiger partial charge in [0.25, 0.3) is 5.91 Å². The number of carbonyl (C=O) groups is 3. The van der Waals surface area contributed by atoms with E-state index < -0.39 is 24.5 Å². The van der Waals surface area contributed by atoms with Crippen LogP contribution in [0.25, 0.3) is 11.1 Å². The van der Waals surface area contributed by atoms with Crippen LogP contribution in [0.15, 0.2) is 72.8 Å². The van der Waals surface area contributed by atoms with Gasteiger partial charge in [-0.1, -0.05) is 54.6 Å². The molecule has 3 aromatic rings. The van der Waals surface area contributed by atoms with Crippen molar-refractivity contribution in [3.63, 3.8) is 0 Å². The maximum atomic E-state index is 13.9. The van der Waals surface area contributed by atoms with Crippen molar-refractivity contribution in [3.8, 4) is 11.1 Å². The SMILES string of the molecule is O=CNCCN(CC(F)(F)F)C(=O)C1c2ccccc2-c2cccc(N3CCC(NC(=O)c4ccccc4)C3)c21. The number of amides is 3. The lowest BCUT2D eigenvalue weighted by molar-refractivity contribution is -0.161. The summed E-state index contributed by atoms with van der Waals surface area (Å²) in [6, 6.07) is 21.7. The van der Waals surface area contributed by atoms with E-state index in [1.165, 1.54) is 0 Å². The van der Waals surface area contributed by atoms with Crippen molar-refractivity contribution in [2.24, 2.45) is 0 Å². The van der Waals surface area contributed by atoms with Gasteiger partial charge in [0.2, 0.25) is 12.3 Å². The van der Waals surface area contributed by atoms with Gasteiger partial charge >= 0.3 is 6.18 Å². The number of hydrogen-bond acceptors (Lipinski definition) is 4. The molecule has 3 amide bonds. The second-order valence-electron chi connectivity index (χ2n) is 9.98. The van der Waals surface area contributed by atoms with Crippen LogP contribution in [0.3, 0.4) is 0 Å². The average Bonchev–Trinajstić information content (AvgIpc) is 3.54. The summed E-state index contributed by atoms with van der Waals surface area (Å²) >= 11 is 0. The first kappa shape index (κ1) is 27.2. The lowest BCUT2D eigenvalue weighted by Gasteiger charge is -2.30. The molecule has 2 aliphatic rings. The molecule has 10 heteroatoms. The van der Waals surface area contributed by atoms with E-state index in [0.29, 0.717) is 42.6 Å². The standard InChI is InChI=1S/C30H29F3N4O3/c31-30(32,33)18-37(16-14-34-19-38)29(40)27-24-10-5-4-9-22(24)23-11-6-12-25(26(23)27)36-15-13-21(17-36)35-28(39)20-7-2-1-3-8-20/h1-12,19,21,27H,13-18H2,(H,34,38)(H,35,39). The molecule has 1 aliphatic heterocycles. The highest BCUT2D eigenvalue weighted by Crippen LogP contribution is 2.50.